The van der Waals surface area contributed by atoms with Crippen molar-refractivity contribution in [1.82, 2.24) is 10.3 Å². The lowest BCUT2D eigenvalue weighted by atomic mass is 9.85. The first-order valence-electron chi connectivity index (χ1n) is 7.18. The summed E-state index contributed by atoms with van der Waals surface area (Å²) < 4.78 is 5.77. The Kier molecular flexibility index (Phi) is 6.05. The van der Waals surface area contributed by atoms with E-state index >= 15 is 0 Å². The first-order valence-corrected chi connectivity index (χ1v) is 7.18. The van der Waals surface area contributed by atoms with Gasteiger partial charge in [-0.25, -0.2) is 0 Å². The van der Waals surface area contributed by atoms with Crippen LogP contribution in [0, 0.1) is 11.8 Å². The van der Waals surface area contributed by atoms with Gasteiger partial charge in [-0.1, -0.05) is 25.1 Å². The molecule has 0 amide bonds. The highest BCUT2D eigenvalue weighted by atomic mass is 16.5. The van der Waals surface area contributed by atoms with Gasteiger partial charge in [-0.15, -0.1) is 0 Å². The number of nitrogens with one attached hydrogen (secondary N) is 1. The Morgan fingerprint density at radius 3 is 3.05 bits per heavy atom. The van der Waals surface area contributed by atoms with Crippen molar-refractivity contribution in [3.05, 3.63) is 42.2 Å². The molecule has 1 aliphatic carbocycles. The average Bonchev–Trinajstić information content (AvgIpc) is 2.45. The summed E-state index contributed by atoms with van der Waals surface area (Å²) in [6, 6.07) is 4.04. The molecular formula is C16H24N2O. The third-order valence-corrected chi connectivity index (χ3v) is 3.73. The SMILES string of the molecule is CC1CC=CCC1COCCNCc1cccnc1. The van der Waals surface area contributed by atoms with E-state index in [-0.39, 0.29) is 0 Å². The molecule has 3 nitrogen and oxygen atoms in total. The average molecular weight is 260 g/mol. The van der Waals surface area contributed by atoms with Gasteiger partial charge in [0, 0.05) is 25.5 Å². The molecule has 0 radical (unpaired) electrons. The van der Waals surface area contributed by atoms with Crippen LogP contribution in [-0.4, -0.2) is 24.7 Å². The monoisotopic (exact) mass is 260 g/mol. The van der Waals surface area contributed by atoms with Gasteiger partial charge in [-0.3, -0.25) is 4.98 Å². The molecule has 3 heteroatoms. The number of nitrogens with zero attached hydrogens (tertiary/aromatic N) is 1. The van der Waals surface area contributed by atoms with Crippen molar-refractivity contribution >= 4 is 0 Å². The van der Waals surface area contributed by atoms with E-state index in [2.05, 4.69) is 35.4 Å². The molecule has 2 unspecified atom stereocenters. The molecule has 0 aliphatic heterocycles. The van der Waals surface area contributed by atoms with E-state index in [0.29, 0.717) is 5.92 Å². The molecule has 0 saturated carbocycles. The first kappa shape index (κ1) is 14.2. The Labute approximate surface area is 116 Å². The summed E-state index contributed by atoms with van der Waals surface area (Å²) in [4.78, 5) is 4.09. The lowest BCUT2D eigenvalue weighted by Gasteiger charge is -2.24. The van der Waals surface area contributed by atoms with Crippen molar-refractivity contribution in [1.29, 1.82) is 0 Å². The summed E-state index contributed by atoms with van der Waals surface area (Å²) in [5.74, 6) is 1.46. The minimum atomic E-state index is 0.698. The molecule has 104 valence electrons. The second-order valence-corrected chi connectivity index (χ2v) is 5.29. The van der Waals surface area contributed by atoms with E-state index < -0.39 is 0 Å². The van der Waals surface area contributed by atoms with E-state index in [1.807, 2.05) is 12.3 Å². The number of rotatable bonds is 7. The van der Waals surface area contributed by atoms with Gasteiger partial charge in [0.1, 0.15) is 0 Å². The standard InChI is InChI=1S/C16H24N2O/c1-14-5-2-3-7-16(14)13-19-10-9-18-12-15-6-4-8-17-11-15/h2-4,6,8,11,14,16,18H,5,7,9-10,12-13H2,1H3. The molecule has 2 atom stereocenters. The summed E-state index contributed by atoms with van der Waals surface area (Å²) >= 11 is 0. The lowest BCUT2D eigenvalue weighted by Crippen LogP contribution is -2.24. The smallest absolute Gasteiger partial charge is 0.0591 e. The maximum Gasteiger partial charge on any atom is 0.0591 e. The number of allylic oxidation sites excluding steroid dienone is 2. The number of ether oxygens (including phenoxy) is 1. The number of hydrogen-bond donors (Lipinski definition) is 1. The topological polar surface area (TPSA) is 34.1 Å². The van der Waals surface area contributed by atoms with Crippen LogP contribution >= 0.6 is 0 Å². The van der Waals surface area contributed by atoms with Crippen molar-refractivity contribution in [2.24, 2.45) is 11.8 Å². The van der Waals surface area contributed by atoms with Crippen molar-refractivity contribution in [2.45, 2.75) is 26.3 Å². The molecular weight excluding hydrogens is 236 g/mol. The molecule has 19 heavy (non-hydrogen) atoms. The third kappa shape index (κ3) is 5.13. The van der Waals surface area contributed by atoms with Crippen LogP contribution in [0.25, 0.3) is 0 Å². The van der Waals surface area contributed by atoms with E-state index in [4.69, 9.17) is 4.74 Å². The Morgan fingerprint density at radius 2 is 2.26 bits per heavy atom. The Hall–Kier alpha value is -1.19. The normalized spacial score (nSPS) is 22.6. The van der Waals surface area contributed by atoms with Crippen LogP contribution in [0.2, 0.25) is 0 Å². The number of hydrogen-bond acceptors (Lipinski definition) is 3. The molecule has 1 N–H and O–H groups in total. The molecule has 0 aromatic carbocycles. The molecule has 2 rings (SSSR count). The summed E-state index contributed by atoms with van der Waals surface area (Å²) in [5, 5.41) is 3.37. The summed E-state index contributed by atoms with van der Waals surface area (Å²) in [5.41, 5.74) is 1.22. The zero-order chi connectivity index (χ0) is 13.3. The molecule has 0 bridgehead atoms. The highest BCUT2D eigenvalue weighted by Gasteiger charge is 2.17. The zero-order valence-electron chi connectivity index (χ0n) is 11.7. The maximum absolute atomic E-state index is 5.77. The Bertz CT molecular complexity index is 378. The van der Waals surface area contributed by atoms with Gasteiger partial charge < -0.3 is 10.1 Å². The molecule has 0 spiro atoms. The summed E-state index contributed by atoms with van der Waals surface area (Å²) in [6.07, 6.45) is 10.6. The second-order valence-electron chi connectivity index (χ2n) is 5.29. The summed E-state index contributed by atoms with van der Waals surface area (Å²) in [7, 11) is 0. The largest absolute Gasteiger partial charge is 0.380 e. The van der Waals surface area contributed by atoms with Gasteiger partial charge >= 0.3 is 0 Å². The van der Waals surface area contributed by atoms with Crippen LogP contribution < -0.4 is 5.32 Å². The summed E-state index contributed by atoms with van der Waals surface area (Å²) in [6.45, 7) is 5.75. The third-order valence-electron chi connectivity index (χ3n) is 3.73. The van der Waals surface area contributed by atoms with Gasteiger partial charge in [0.05, 0.1) is 13.2 Å². The highest BCUT2D eigenvalue weighted by molar-refractivity contribution is 5.07. The molecule has 0 fully saturated rings. The van der Waals surface area contributed by atoms with E-state index in [1.54, 1.807) is 6.20 Å². The van der Waals surface area contributed by atoms with Gasteiger partial charge in [-0.2, -0.15) is 0 Å². The minimum absolute atomic E-state index is 0.698. The van der Waals surface area contributed by atoms with Crippen LogP contribution in [0.15, 0.2) is 36.7 Å². The molecule has 1 heterocycles. The first-order chi connectivity index (χ1) is 9.36. The van der Waals surface area contributed by atoms with E-state index in [1.165, 1.54) is 18.4 Å². The van der Waals surface area contributed by atoms with Gasteiger partial charge in [0.2, 0.25) is 0 Å². The van der Waals surface area contributed by atoms with E-state index in [0.717, 1.165) is 32.2 Å². The van der Waals surface area contributed by atoms with E-state index in [9.17, 15) is 0 Å². The Morgan fingerprint density at radius 1 is 1.37 bits per heavy atom. The van der Waals surface area contributed by atoms with Gasteiger partial charge in [0.25, 0.3) is 0 Å². The fraction of sp³-hybridized carbons (Fsp3) is 0.562. The van der Waals surface area contributed by atoms with Crippen molar-refractivity contribution < 1.29 is 4.74 Å². The van der Waals surface area contributed by atoms with Crippen molar-refractivity contribution in [3.8, 4) is 0 Å². The highest BCUT2D eigenvalue weighted by Crippen LogP contribution is 2.24. The predicted molar refractivity (Wildman–Crippen MR) is 77.8 cm³/mol. The zero-order valence-corrected chi connectivity index (χ0v) is 11.7. The van der Waals surface area contributed by atoms with Crippen LogP contribution in [-0.2, 0) is 11.3 Å². The molecule has 1 aliphatic rings. The van der Waals surface area contributed by atoms with Crippen LogP contribution in [0.5, 0.6) is 0 Å². The second kappa shape index (κ2) is 8.08. The maximum atomic E-state index is 5.77. The fourth-order valence-electron chi connectivity index (χ4n) is 2.35. The van der Waals surface area contributed by atoms with Crippen LogP contribution in [0.4, 0.5) is 0 Å². The van der Waals surface area contributed by atoms with Gasteiger partial charge in [-0.05, 0) is 36.3 Å². The molecule has 0 saturated heterocycles. The predicted octanol–water partition coefficient (Wildman–Crippen LogP) is 2.79. The van der Waals surface area contributed by atoms with Gasteiger partial charge in [0.15, 0.2) is 0 Å². The van der Waals surface area contributed by atoms with Crippen LogP contribution in [0.3, 0.4) is 0 Å². The molecule has 1 aromatic rings. The minimum Gasteiger partial charge on any atom is -0.380 e. The van der Waals surface area contributed by atoms with Crippen molar-refractivity contribution in [3.63, 3.8) is 0 Å². The molecule has 1 aromatic heterocycles. The van der Waals surface area contributed by atoms with Crippen LogP contribution in [0.1, 0.15) is 25.3 Å². The lowest BCUT2D eigenvalue weighted by molar-refractivity contribution is 0.0807. The Balaban J connectivity index is 1.52. The van der Waals surface area contributed by atoms with Crippen molar-refractivity contribution in [2.75, 3.05) is 19.8 Å². The number of aromatic nitrogens is 1. The fourth-order valence-corrected chi connectivity index (χ4v) is 2.35. The quantitative estimate of drug-likeness (QED) is 0.604. The number of pyridine rings is 1.